The minimum Gasteiger partial charge on any atom is -0.276 e. The average Bonchev–Trinajstić information content (AvgIpc) is 2.35. The Bertz CT molecular complexity index is 745. The van der Waals surface area contributed by atoms with E-state index in [9.17, 15) is 26.0 Å². The first kappa shape index (κ1) is 14.3. The van der Waals surface area contributed by atoms with E-state index in [4.69, 9.17) is 0 Å². The molecule has 0 atom stereocenters. The molecule has 0 radical (unpaired) electrons. The predicted molar refractivity (Wildman–Crippen MR) is 63.5 cm³/mol. The summed E-state index contributed by atoms with van der Waals surface area (Å²) in [5.74, 6) is -4.86. The molecule has 0 aliphatic carbocycles. The van der Waals surface area contributed by atoms with Gasteiger partial charge in [0.05, 0.1) is 10.6 Å². The maximum atomic E-state index is 13.4. The Morgan fingerprint density at radius 2 is 1.45 bits per heavy atom. The van der Waals surface area contributed by atoms with Crippen molar-refractivity contribution in [3.63, 3.8) is 0 Å². The van der Waals surface area contributed by atoms with Gasteiger partial charge in [-0.05, 0) is 24.3 Å². The first-order valence-corrected chi connectivity index (χ1v) is 6.71. The van der Waals surface area contributed by atoms with Crippen molar-refractivity contribution in [2.75, 3.05) is 4.72 Å². The Kier molecular flexibility index (Phi) is 3.67. The number of sulfonamides is 1. The van der Waals surface area contributed by atoms with Gasteiger partial charge in [-0.2, -0.15) is 0 Å². The molecule has 0 aliphatic rings. The van der Waals surface area contributed by atoms with E-state index in [1.807, 2.05) is 0 Å². The van der Waals surface area contributed by atoms with Crippen molar-refractivity contribution in [2.24, 2.45) is 0 Å². The second-order valence-electron chi connectivity index (χ2n) is 3.81. The summed E-state index contributed by atoms with van der Waals surface area (Å²) in [6.07, 6.45) is 0. The third-order valence-corrected chi connectivity index (χ3v) is 3.74. The van der Waals surface area contributed by atoms with Crippen LogP contribution in [0.4, 0.5) is 23.2 Å². The van der Waals surface area contributed by atoms with E-state index in [2.05, 4.69) is 0 Å². The topological polar surface area (TPSA) is 46.2 Å². The van der Waals surface area contributed by atoms with Gasteiger partial charge in [-0.15, -0.1) is 0 Å². The summed E-state index contributed by atoms with van der Waals surface area (Å²) in [5, 5.41) is 0. The Labute approximate surface area is 111 Å². The van der Waals surface area contributed by atoms with Crippen LogP contribution >= 0.6 is 0 Å². The molecule has 20 heavy (non-hydrogen) atoms. The first-order valence-electron chi connectivity index (χ1n) is 5.22. The smallest absolute Gasteiger partial charge is 0.261 e. The summed E-state index contributed by atoms with van der Waals surface area (Å²) in [4.78, 5) is -0.372. The molecule has 0 unspecified atom stereocenters. The van der Waals surface area contributed by atoms with Gasteiger partial charge in [-0.1, -0.05) is 0 Å². The molecular formula is C12H7F4NO2S. The van der Waals surface area contributed by atoms with Gasteiger partial charge in [0.2, 0.25) is 0 Å². The summed E-state index contributed by atoms with van der Waals surface area (Å²) in [7, 11) is -4.28. The third kappa shape index (κ3) is 2.90. The monoisotopic (exact) mass is 305 g/mol. The quantitative estimate of drug-likeness (QED) is 0.700. The maximum Gasteiger partial charge on any atom is 0.261 e. The zero-order valence-electron chi connectivity index (χ0n) is 9.70. The van der Waals surface area contributed by atoms with Crippen molar-refractivity contribution in [3.8, 4) is 0 Å². The summed E-state index contributed by atoms with van der Waals surface area (Å²) in [6.45, 7) is 0. The van der Waals surface area contributed by atoms with Crippen LogP contribution in [0.15, 0.2) is 41.3 Å². The van der Waals surface area contributed by atoms with Crippen LogP contribution in [0.1, 0.15) is 0 Å². The van der Waals surface area contributed by atoms with Crippen LogP contribution in [-0.2, 0) is 10.0 Å². The minimum absolute atomic E-state index is 0.283. The number of hydrogen-bond acceptors (Lipinski definition) is 2. The normalized spacial score (nSPS) is 11.4. The lowest BCUT2D eigenvalue weighted by Crippen LogP contribution is -2.14. The maximum absolute atomic E-state index is 13.4. The molecule has 0 fully saturated rings. The molecule has 1 N–H and O–H groups in total. The highest BCUT2D eigenvalue weighted by molar-refractivity contribution is 7.92. The van der Waals surface area contributed by atoms with Crippen molar-refractivity contribution in [3.05, 3.63) is 59.7 Å². The number of hydrogen-bond donors (Lipinski definition) is 1. The van der Waals surface area contributed by atoms with Gasteiger partial charge in [0, 0.05) is 12.1 Å². The fraction of sp³-hybridized carbons (Fsp3) is 0. The van der Waals surface area contributed by atoms with Gasteiger partial charge in [0.1, 0.15) is 11.6 Å². The molecule has 106 valence electrons. The van der Waals surface area contributed by atoms with Crippen LogP contribution in [0, 0.1) is 23.3 Å². The lowest BCUT2D eigenvalue weighted by Gasteiger charge is -2.09. The van der Waals surface area contributed by atoms with Crippen molar-refractivity contribution >= 4 is 15.7 Å². The Hall–Kier alpha value is -2.09. The fourth-order valence-corrected chi connectivity index (χ4v) is 2.50. The zero-order valence-corrected chi connectivity index (χ0v) is 10.5. The number of benzene rings is 2. The number of halogens is 4. The third-order valence-electron chi connectivity index (χ3n) is 2.36. The summed E-state index contributed by atoms with van der Waals surface area (Å²) in [5.41, 5.74) is -0.869. The first-order chi connectivity index (χ1) is 9.29. The summed E-state index contributed by atoms with van der Waals surface area (Å²) in [6, 6.07) is 4.43. The van der Waals surface area contributed by atoms with Crippen molar-refractivity contribution < 1.29 is 26.0 Å². The summed E-state index contributed by atoms with van der Waals surface area (Å²) < 4.78 is 77.4. The van der Waals surface area contributed by atoms with E-state index in [0.717, 1.165) is 24.3 Å². The van der Waals surface area contributed by atoms with Crippen LogP contribution in [0.3, 0.4) is 0 Å². The van der Waals surface area contributed by atoms with Gasteiger partial charge in [-0.25, -0.2) is 26.0 Å². The second kappa shape index (κ2) is 5.12. The minimum atomic E-state index is -4.28. The predicted octanol–water partition coefficient (Wildman–Crippen LogP) is 3.04. The highest BCUT2D eigenvalue weighted by Crippen LogP contribution is 2.22. The molecule has 0 bridgehead atoms. The van der Waals surface area contributed by atoms with Gasteiger partial charge < -0.3 is 0 Å². The van der Waals surface area contributed by atoms with Crippen LogP contribution in [0.2, 0.25) is 0 Å². The van der Waals surface area contributed by atoms with Crippen molar-refractivity contribution in [1.29, 1.82) is 0 Å². The van der Waals surface area contributed by atoms with Gasteiger partial charge >= 0.3 is 0 Å². The van der Waals surface area contributed by atoms with E-state index in [-0.39, 0.29) is 11.0 Å². The Morgan fingerprint density at radius 3 is 2.05 bits per heavy atom. The average molecular weight is 305 g/mol. The molecule has 0 amide bonds. The Balaban J connectivity index is 2.41. The summed E-state index contributed by atoms with van der Waals surface area (Å²) >= 11 is 0. The van der Waals surface area contributed by atoms with Crippen molar-refractivity contribution in [1.82, 2.24) is 0 Å². The SMILES string of the molecule is O=S(=O)(Nc1cc(F)cc(F)c1F)c1ccc(F)cc1. The number of rotatable bonds is 3. The molecule has 0 heterocycles. The molecule has 0 saturated carbocycles. The second-order valence-corrected chi connectivity index (χ2v) is 5.49. The van der Waals surface area contributed by atoms with Crippen LogP contribution < -0.4 is 4.72 Å². The largest absolute Gasteiger partial charge is 0.276 e. The van der Waals surface area contributed by atoms with E-state index < -0.39 is 39.0 Å². The number of nitrogens with one attached hydrogen (secondary N) is 1. The lowest BCUT2D eigenvalue weighted by atomic mass is 10.3. The van der Waals surface area contributed by atoms with E-state index in [1.54, 1.807) is 4.72 Å². The van der Waals surface area contributed by atoms with E-state index in [1.165, 1.54) is 0 Å². The van der Waals surface area contributed by atoms with E-state index >= 15 is 0 Å². The van der Waals surface area contributed by atoms with Gasteiger partial charge in [-0.3, -0.25) is 4.72 Å². The molecule has 0 saturated heterocycles. The standard InChI is InChI=1S/C12H7F4NO2S/c13-7-1-3-9(4-2-7)20(18,19)17-11-6-8(14)5-10(15)12(11)16/h1-6,17H. The fourth-order valence-electron chi connectivity index (χ4n) is 1.45. The van der Waals surface area contributed by atoms with Gasteiger partial charge in [0.25, 0.3) is 10.0 Å². The molecule has 2 rings (SSSR count). The molecule has 2 aromatic carbocycles. The molecule has 3 nitrogen and oxygen atoms in total. The molecule has 8 heteroatoms. The highest BCUT2D eigenvalue weighted by Gasteiger charge is 2.19. The van der Waals surface area contributed by atoms with Crippen LogP contribution in [0.25, 0.3) is 0 Å². The van der Waals surface area contributed by atoms with E-state index in [0.29, 0.717) is 6.07 Å². The zero-order chi connectivity index (χ0) is 14.9. The molecule has 0 aliphatic heterocycles. The Morgan fingerprint density at radius 1 is 0.850 bits per heavy atom. The molecule has 0 aromatic heterocycles. The van der Waals surface area contributed by atoms with Crippen molar-refractivity contribution in [2.45, 2.75) is 4.90 Å². The molecule has 2 aromatic rings. The molecule has 0 spiro atoms. The van der Waals surface area contributed by atoms with Crippen LogP contribution in [-0.4, -0.2) is 8.42 Å². The molecular weight excluding hydrogens is 298 g/mol. The number of anilines is 1. The van der Waals surface area contributed by atoms with Crippen LogP contribution in [0.5, 0.6) is 0 Å². The van der Waals surface area contributed by atoms with Gasteiger partial charge in [0.15, 0.2) is 11.6 Å². The highest BCUT2D eigenvalue weighted by atomic mass is 32.2. The lowest BCUT2D eigenvalue weighted by molar-refractivity contribution is 0.498.